The first-order chi connectivity index (χ1) is 9.10. The van der Waals surface area contributed by atoms with Crippen molar-refractivity contribution in [1.82, 2.24) is 20.4 Å². The number of nitrogens with zero attached hydrogens (tertiary/aromatic N) is 2. The Morgan fingerprint density at radius 3 is 2.53 bits per heavy atom. The molecule has 4 fully saturated rings. The van der Waals surface area contributed by atoms with Crippen LogP contribution in [0.25, 0.3) is 0 Å². The van der Waals surface area contributed by atoms with E-state index in [2.05, 4.69) is 33.9 Å². The molecule has 0 radical (unpaired) electrons. The monoisotopic (exact) mass is 280 g/mol. The zero-order valence-corrected chi connectivity index (χ0v) is 12.5. The fourth-order valence-corrected chi connectivity index (χ4v) is 4.38. The highest BCUT2D eigenvalue weighted by atomic mass is 32.1. The molecule has 0 aromatic carbocycles. The Morgan fingerprint density at radius 1 is 1.37 bits per heavy atom. The van der Waals surface area contributed by atoms with E-state index in [1.807, 2.05) is 6.08 Å². The van der Waals surface area contributed by atoms with Gasteiger partial charge in [0.25, 0.3) is 0 Å². The lowest BCUT2D eigenvalue weighted by Gasteiger charge is -2.54. The van der Waals surface area contributed by atoms with Gasteiger partial charge in [0.05, 0.1) is 0 Å². The molecule has 0 aliphatic carbocycles. The third-order valence-corrected chi connectivity index (χ3v) is 5.07. The molecule has 4 aliphatic heterocycles. The first-order valence-corrected chi connectivity index (χ1v) is 7.61. The van der Waals surface area contributed by atoms with Gasteiger partial charge in [-0.3, -0.25) is 0 Å². The standard InChI is InChI=1S/C14H24N4S/c1-3-4-15-13(19)16-12-11-7-17-5-6-18(8-11)10-14(12,2)9-17/h3,11-12H,1,4-10H2,2H3,(H2,15,16,19)/t11?,12-,14?/m1/s1. The molecule has 106 valence electrons. The number of thiocarbonyl (C=S) groups is 1. The van der Waals surface area contributed by atoms with Gasteiger partial charge in [-0.05, 0) is 12.2 Å². The number of fused-ring (bicyclic) bond motifs is 1. The summed E-state index contributed by atoms with van der Waals surface area (Å²) in [6, 6.07) is 0.503. The second-order valence-corrected chi connectivity index (χ2v) is 6.91. The average Bonchev–Trinajstić information content (AvgIpc) is 2.59. The summed E-state index contributed by atoms with van der Waals surface area (Å²) in [4.78, 5) is 5.27. The number of nitrogens with one attached hydrogen (secondary N) is 2. The van der Waals surface area contributed by atoms with Gasteiger partial charge in [-0.1, -0.05) is 13.0 Å². The summed E-state index contributed by atoms with van der Waals surface area (Å²) in [7, 11) is 0. The number of rotatable bonds is 3. The summed E-state index contributed by atoms with van der Waals surface area (Å²) < 4.78 is 0. The lowest BCUT2D eigenvalue weighted by Crippen LogP contribution is -2.68. The number of piperidine rings is 2. The Morgan fingerprint density at radius 2 is 2.00 bits per heavy atom. The van der Waals surface area contributed by atoms with Crippen LogP contribution in [0, 0.1) is 11.3 Å². The third kappa shape index (κ3) is 2.51. The predicted molar refractivity (Wildman–Crippen MR) is 82.2 cm³/mol. The van der Waals surface area contributed by atoms with Gasteiger partial charge in [-0.25, -0.2) is 0 Å². The fourth-order valence-electron chi connectivity index (χ4n) is 4.17. The van der Waals surface area contributed by atoms with Crippen LogP contribution in [-0.2, 0) is 0 Å². The van der Waals surface area contributed by atoms with Crippen molar-refractivity contribution in [2.45, 2.75) is 13.0 Å². The van der Waals surface area contributed by atoms with Crippen LogP contribution in [0.3, 0.4) is 0 Å². The van der Waals surface area contributed by atoms with Crippen LogP contribution in [0.2, 0.25) is 0 Å². The molecule has 2 unspecified atom stereocenters. The Kier molecular flexibility index (Phi) is 3.53. The molecule has 0 aromatic heterocycles. The minimum absolute atomic E-state index is 0.317. The molecule has 5 heteroatoms. The molecule has 2 N–H and O–H groups in total. The van der Waals surface area contributed by atoms with E-state index in [0.29, 0.717) is 17.4 Å². The van der Waals surface area contributed by atoms with E-state index in [9.17, 15) is 0 Å². The molecular formula is C14H24N4S. The summed E-state index contributed by atoms with van der Waals surface area (Å²) in [6.45, 7) is 14.2. The molecule has 0 saturated carbocycles. The van der Waals surface area contributed by atoms with E-state index in [1.165, 1.54) is 39.3 Å². The maximum Gasteiger partial charge on any atom is 0.166 e. The highest BCUT2D eigenvalue weighted by Crippen LogP contribution is 2.40. The molecule has 4 saturated heterocycles. The van der Waals surface area contributed by atoms with E-state index in [4.69, 9.17) is 12.2 Å². The zero-order chi connectivity index (χ0) is 13.5. The van der Waals surface area contributed by atoms with Crippen LogP contribution in [0.4, 0.5) is 0 Å². The maximum atomic E-state index is 5.41. The number of hydrogen-bond donors (Lipinski definition) is 2. The van der Waals surface area contributed by atoms with Gasteiger partial charge < -0.3 is 20.4 Å². The van der Waals surface area contributed by atoms with E-state index >= 15 is 0 Å². The lowest BCUT2D eigenvalue weighted by atomic mass is 9.69. The van der Waals surface area contributed by atoms with Crippen molar-refractivity contribution in [2.24, 2.45) is 11.3 Å². The van der Waals surface area contributed by atoms with Crippen LogP contribution < -0.4 is 10.6 Å². The topological polar surface area (TPSA) is 30.5 Å². The molecule has 3 atom stereocenters. The molecule has 4 rings (SSSR count). The van der Waals surface area contributed by atoms with E-state index in [-0.39, 0.29) is 0 Å². The van der Waals surface area contributed by atoms with Crippen LogP contribution in [0.15, 0.2) is 12.7 Å². The minimum atomic E-state index is 0.317. The van der Waals surface area contributed by atoms with Gasteiger partial charge in [-0.2, -0.15) is 0 Å². The Hall–Kier alpha value is -0.650. The molecule has 4 heterocycles. The first-order valence-electron chi connectivity index (χ1n) is 7.21. The highest BCUT2D eigenvalue weighted by molar-refractivity contribution is 7.80. The largest absolute Gasteiger partial charge is 0.359 e. The van der Waals surface area contributed by atoms with Crippen molar-refractivity contribution < 1.29 is 0 Å². The van der Waals surface area contributed by atoms with Crippen LogP contribution in [-0.4, -0.2) is 66.8 Å². The smallest absolute Gasteiger partial charge is 0.166 e. The normalized spacial score (nSPS) is 43.6. The molecule has 19 heavy (non-hydrogen) atoms. The molecule has 0 amide bonds. The molecule has 0 spiro atoms. The summed E-state index contributed by atoms with van der Waals surface area (Å²) in [5.41, 5.74) is 0.317. The van der Waals surface area contributed by atoms with Crippen molar-refractivity contribution in [3.63, 3.8) is 0 Å². The molecule has 4 bridgehead atoms. The van der Waals surface area contributed by atoms with Gasteiger partial charge in [0.2, 0.25) is 0 Å². The van der Waals surface area contributed by atoms with Gasteiger partial charge in [0.1, 0.15) is 0 Å². The lowest BCUT2D eigenvalue weighted by molar-refractivity contribution is -0.0124. The third-order valence-electron chi connectivity index (χ3n) is 4.80. The van der Waals surface area contributed by atoms with Crippen LogP contribution >= 0.6 is 12.2 Å². The molecular weight excluding hydrogens is 256 g/mol. The summed E-state index contributed by atoms with van der Waals surface area (Å²) in [5, 5.41) is 7.56. The predicted octanol–water partition coefficient (Wildman–Crippen LogP) is 0.272. The Bertz CT molecular complexity index is 368. The van der Waals surface area contributed by atoms with Crippen molar-refractivity contribution >= 4 is 17.3 Å². The summed E-state index contributed by atoms with van der Waals surface area (Å²) in [5.74, 6) is 0.693. The molecule has 4 nitrogen and oxygen atoms in total. The van der Waals surface area contributed by atoms with Crippen molar-refractivity contribution in [3.8, 4) is 0 Å². The fraction of sp³-hybridized carbons (Fsp3) is 0.786. The van der Waals surface area contributed by atoms with Crippen molar-refractivity contribution in [2.75, 3.05) is 45.8 Å². The Labute approximate surface area is 121 Å². The van der Waals surface area contributed by atoms with Crippen LogP contribution in [0.5, 0.6) is 0 Å². The average molecular weight is 280 g/mol. The minimum Gasteiger partial charge on any atom is -0.359 e. The SMILES string of the molecule is C=CCNC(=S)N[C@@H]1C2CN3CCN(C2)CC1(C)C3. The molecule has 0 aromatic rings. The number of hydrogen-bond acceptors (Lipinski definition) is 3. The second-order valence-electron chi connectivity index (χ2n) is 6.51. The molecule has 4 aliphatic rings. The van der Waals surface area contributed by atoms with Gasteiger partial charge >= 0.3 is 0 Å². The summed E-state index contributed by atoms with van der Waals surface area (Å²) in [6.07, 6.45) is 1.84. The van der Waals surface area contributed by atoms with E-state index in [0.717, 1.165) is 11.7 Å². The van der Waals surface area contributed by atoms with Gasteiger partial charge in [0, 0.05) is 63.2 Å². The summed E-state index contributed by atoms with van der Waals surface area (Å²) >= 11 is 5.41. The van der Waals surface area contributed by atoms with Crippen molar-refractivity contribution in [3.05, 3.63) is 12.7 Å². The quantitative estimate of drug-likeness (QED) is 0.572. The van der Waals surface area contributed by atoms with Gasteiger partial charge in [0.15, 0.2) is 5.11 Å². The maximum absolute atomic E-state index is 5.41. The van der Waals surface area contributed by atoms with E-state index in [1.54, 1.807) is 0 Å². The zero-order valence-electron chi connectivity index (χ0n) is 11.7. The first kappa shape index (κ1) is 13.3. The highest BCUT2D eigenvalue weighted by Gasteiger charge is 2.51. The van der Waals surface area contributed by atoms with Crippen LogP contribution in [0.1, 0.15) is 6.92 Å². The Balaban J connectivity index is 1.72. The van der Waals surface area contributed by atoms with Gasteiger partial charge in [-0.15, -0.1) is 6.58 Å². The van der Waals surface area contributed by atoms with E-state index < -0.39 is 0 Å². The second kappa shape index (κ2) is 5.04. The van der Waals surface area contributed by atoms with Crippen molar-refractivity contribution in [1.29, 1.82) is 0 Å².